The Hall–Kier alpha value is -1.03. The van der Waals surface area contributed by atoms with Crippen molar-refractivity contribution in [2.24, 2.45) is 0 Å². The Morgan fingerprint density at radius 3 is 2.56 bits per heavy atom. The molecule has 0 radical (unpaired) electrons. The van der Waals surface area contributed by atoms with Crippen LogP contribution in [0.1, 0.15) is 34.1 Å². The van der Waals surface area contributed by atoms with Gasteiger partial charge in [-0.15, -0.1) is 0 Å². The molecule has 1 aromatic rings. The van der Waals surface area contributed by atoms with E-state index in [1.54, 1.807) is 4.90 Å². The molecule has 0 aromatic heterocycles. The van der Waals surface area contributed by atoms with Crippen molar-refractivity contribution >= 4 is 27.7 Å². The van der Waals surface area contributed by atoms with E-state index in [9.17, 15) is 4.79 Å². The number of anilines is 1. The monoisotopic (exact) mass is 313 g/mol. The highest BCUT2D eigenvalue weighted by molar-refractivity contribution is 9.10. The van der Waals surface area contributed by atoms with Gasteiger partial charge < -0.3 is 4.74 Å². The molecule has 0 bridgehead atoms. The van der Waals surface area contributed by atoms with E-state index in [-0.39, 0.29) is 6.09 Å². The number of amides is 1. The molecule has 0 fully saturated rings. The van der Waals surface area contributed by atoms with Crippen LogP contribution in [0.3, 0.4) is 0 Å². The van der Waals surface area contributed by atoms with Crippen molar-refractivity contribution < 1.29 is 9.53 Å². The molecule has 0 unspecified atom stereocenters. The van der Waals surface area contributed by atoms with Crippen molar-refractivity contribution in [2.75, 3.05) is 11.4 Å². The maximum atomic E-state index is 12.1. The van der Waals surface area contributed by atoms with Crippen molar-refractivity contribution in [2.45, 2.75) is 39.7 Å². The second-order valence-electron chi connectivity index (χ2n) is 5.11. The van der Waals surface area contributed by atoms with Crippen LogP contribution in [-0.4, -0.2) is 18.2 Å². The van der Waals surface area contributed by atoms with Crippen LogP contribution < -0.4 is 4.90 Å². The van der Waals surface area contributed by atoms with E-state index >= 15 is 0 Å². The number of nitrogens with zero attached hydrogens (tertiary/aromatic N) is 1. The first kappa shape index (κ1) is 15.0. The Morgan fingerprint density at radius 1 is 1.39 bits per heavy atom. The highest BCUT2D eigenvalue weighted by Crippen LogP contribution is 2.22. The number of halogens is 1. The molecule has 4 heteroatoms. The molecule has 0 atom stereocenters. The van der Waals surface area contributed by atoms with Gasteiger partial charge in [0.25, 0.3) is 0 Å². The van der Waals surface area contributed by atoms with Crippen molar-refractivity contribution in [3.8, 4) is 0 Å². The van der Waals surface area contributed by atoms with E-state index in [1.165, 1.54) is 0 Å². The Labute approximate surface area is 117 Å². The molecule has 0 saturated carbocycles. The SMILES string of the molecule is CCCN(C(=O)OC(C)(C)C)c1cccc(Br)c1. The third kappa shape index (κ3) is 4.69. The van der Waals surface area contributed by atoms with Gasteiger partial charge in [-0.3, -0.25) is 4.90 Å². The summed E-state index contributed by atoms with van der Waals surface area (Å²) < 4.78 is 6.37. The zero-order valence-corrected chi connectivity index (χ0v) is 13.0. The Morgan fingerprint density at radius 2 is 2.06 bits per heavy atom. The first-order valence-electron chi connectivity index (χ1n) is 6.09. The van der Waals surface area contributed by atoms with E-state index < -0.39 is 5.60 Å². The number of benzene rings is 1. The molecule has 0 aliphatic heterocycles. The quantitative estimate of drug-likeness (QED) is 0.816. The summed E-state index contributed by atoms with van der Waals surface area (Å²) in [6.45, 7) is 8.29. The van der Waals surface area contributed by atoms with Crippen molar-refractivity contribution in [3.63, 3.8) is 0 Å². The number of ether oxygens (including phenoxy) is 1. The molecule has 100 valence electrons. The van der Waals surface area contributed by atoms with Crippen LogP contribution in [0.4, 0.5) is 10.5 Å². The zero-order valence-electron chi connectivity index (χ0n) is 11.4. The average molecular weight is 314 g/mol. The van der Waals surface area contributed by atoms with Crippen LogP contribution in [0.15, 0.2) is 28.7 Å². The number of carbonyl (C=O) groups excluding carboxylic acids is 1. The lowest BCUT2D eigenvalue weighted by atomic mass is 10.2. The normalized spacial score (nSPS) is 11.2. The van der Waals surface area contributed by atoms with E-state index in [0.717, 1.165) is 16.6 Å². The summed E-state index contributed by atoms with van der Waals surface area (Å²) in [4.78, 5) is 13.8. The fourth-order valence-corrected chi connectivity index (χ4v) is 1.90. The number of carbonyl (C=O) groups is 1. The smallest absolute Gasteiger partial charge is 0.414 e. The van der Waals surface area contributed by atoms with Crippen LogP contribution in [-0.2, 0) is 4.74 Å². The minimum absolute atomic E-state index is 0.303. The number of rotatable bonds is 3. The second-order valence-corrected chi connectivity index (χ2v) is 6.03. The fourth-order valence-electron chi connectivity index (χ4n) is 1.51. The minimum Gasteiger partial charge on any atom is -0.443 e. The van der Waals surface area contributed by atoms with Crippen LogP contribution in [0.5, 0.6) is 0 Å². The van der Waals surface area contributed by atoms with Gasteiger partial charge in [-0.2, -0.15) is 0 Å². The van der Waals surface area contributed by atoms with Crippen LogP contribution >= 0.6 is 15.9 Å². The van der Waals surface area contributed by atoms with Crippen molar-refractivity contribution in [1.82, 2.24) is 0 Å². The summed E-state index contributed by atoms with van der Waals surface area (Å²) in [5, 5.41) is 0. The fraction of sp³-hybridized carbons (Fsp3) is 0.500. The van der Waals surface area contributed by atoms with E-state index in [4.69, 9.17) is 4.74 Å². The maximum absolute atomic E-state index is 12.1. The van der Waals surface area contributed by atoms with Crippen LogP contribution in [0.2, 0.25) is 0 Å². The van der Waals surface area contributed by atoms with Gasteiger partial charge in [0.1, 0.15) is 5.60 Å². The van der Waals surface area contributed by atoms with Gasteiger partial charge in [0, 0.05) is 16.7 Å². The second kappa shape index (κ2) is 6.23. The first-order valence-corrected chi connectivity index (χ1v) is 6.89. The lowest BCUT2D eigenvalue weighted by Gasteiger charge is -2.27. The minimum atomic E-state index is -0.477. The lowest BCUT2D eigenvalue weighted by Crippen LogP contribution is -2.37. The molecule has 0 heterocycles. The van der Waals surface area contributed by atoms with Gasteiger partial charge in [0.2, 0.25) is 0 Å². The molecule has 1 amide bonds. The molecule has 3 nitrogen and oxygen atoms in total. The van der Waals surface area contributed by atoms with Gasteiger partial charge in [0.05, 0.1) is 0 Å². The van der Waals surface area contributed by atoms with Gasteiger partial charge in [0.15, 0.2) is 0 Å². The third-order valence-electron chi connectivity index (χ3n) is 2.18. The number of hydrogen-bond donors (Lipinski definition) is 0. The summed E-state index contributed by atoms with van der Waals surface area (Å²) in [6, 6.07) is 7.67. The van der Waals surface area contributed by atoms with Crippen molar-refractivity contribution in [3.05, 3.63) is 28.7 Å². The van der Waals surface area contributed by atoms with Crippen molar-refractivity contribution in [1.29, 1.82) is 0 Å². The molecular formula is C14H20BrNO2. The molecule has 0 aliphatic carbocycles. The highest BCUT2D eigenvalue weighted by Gasteiger charge is 2.22. The standard InChI is InChI=1S/C14H20BrNO2/c1-5-9-16(13(17)18-14(2,3)4)12-8-6-7-11(15)10-12/h6-8,10H,5,9H2,1-4H3. The number of hydrogen-bond acceptors (Lipinski definition) is 2. The summed E-state index contributed by atoms with van der Waals surface area (Å²) in [7, 11) is 0. The van der Waals surface area contributed by atoms with Gasteiger partial charge in [-0.1, -0.05) is 28.9 Å². The van der Waals surface area contributed by atoms with Gasteiger partial charge >= 0.3 is 6.09 Å². The highest BCUT2D eigenvalue weighted by atomic mass is 79.9. The topological polar surface area (TPSA) is 29.5 Å². The summed E-state index contributed by atoms with van der Waals surface area (Å²) in [5.41, 5.74) is 0.371. The zero-order chi connectivity index (χ0) is 13.8. The molecule has 0 N–H and O–H groups in total. The summed E-state index contributed by atoms with van der Waals surface area (Å²) in [5.74, 6) is 0. The predicted molar refractivity (Wildman–Crippen MR) is 78.0 cm³/mol. The van der Waals surface area contributed by atoms with E-state index in [1.807, 2.05) is 52.0 Å². The predicted octanol–water partition coefficient (Wildman–Crippen LogP) is 4.60. The Balaban J connectivity index is 2.92. The maximum Gasteiger partial charge on any atom is 0.414 e. The Bertz CT molecular complexity index is 413. The van der Waals surface area contributed by atoms with E-state index in [0.29, 0.717) is 6.54 Å². The largest absolute Gasteiger partial charge is 0.443 e. The van der Waals surface area contributed by atoms with Crippen LogP contribution in [0.25, 0.3) is 0 Å². The van der Waals surface area contributed by atoms with E-state index in [2.05, 4.69) is 15.9 Å². The summed E-state index contributed by atoms with van der Waals surface area (Å²) >= 11 is 3.41. The third-order valence-corrected chi connectivity index (χ3v) is 2.67. The van der Waals surface area contributed by atoms with Gasteiger partial charge in [-0.05, 0) is 45.4 Å². The average Bonchev–Trinajstić information content (AvgIpc) is 2.23. The molecule has 0 spiro atoms. The molecule has 1 aromatic carbocycles. The lowest BCUT2D eigenvalue weighted by molar-refractivity contribution is 0.0580. The van der Waals surface area contributed by atoms with Gasteiger partial charge in [-0.25, -0.2) is 4.79 Å². The van der Waals surface area contributed by atoms with Crippen LogP contribution in [0, 0.1) is 0 Å². The summed E-state index contributed by atoms with van der Waals surface area (Å²) in [6.07, 6.45) is 0.577. The molecule has 1 rings (SSSR count). The molecule has 18 heavy (non-hydrogen) atoms. The first-order chi connectivity index (χ1) is 8.33. The molecule has 0 aliphatic rings. The Kier molecular flexibility index (Phi) is 5.20. The molecular weight excluding hydrogens is 294 g/mol. The molecule has 0 saturated heterocycles.